The van der Waals surface area contributed by atoms with Crippen molar-refractivity contribution in [1.82, 2.24) is 4.90 Å². The number of thioether (sulfide) groups is 1. The number of carboxylic acids is 1. The molecule has 0 aromatic heterocycles. The number of aliphatic carboxylic acids is 1. The molecular formula is C11H21NO2S. The molecule has 1 fully saturated rings. The fraction of sp³-hybridized carbons (Fsp3) is 0.909. The van der Waals surface area contributed by atoms with E-state index in [1.165, 1.54) is 12.2 Å². The molecule has 0 unspecified atom stereocenters. The molecule has 4 heteroatoms. The number of nitrogens with zero attached hydrogens (tertiary/aromatic N) is 1. The van der Waals surface area contributed by atoms with Crippen LogP contribution in [0.15, 0.2) is 0 Å². The maximum Gasteiger partial charge on any atom is 0.303 e. The molecule has 0 amide bonds. The molecule has 1 aliphatic rings. The van der Waals surface area contributed by atoms with Crippen LogP contribution in [0.3, 0.4) is 0 Å². The van der Waals surface area contributed by atoms with Crippen molar-refractivity contribution in [2.75, 3.05) is 25.4 Å². The summed E-state index contributed by atoms with van der Waals surface area (Å²) in [4.78, 5) is 12.8. The Labute approximate surface area is 96.2 Å². The number of carbonyl (C=O) groups is 1. The molecule has 0 saturated carbocycles. The highest BCUT2D eigenvalue weighted by atomic mass is 32.2. The van der Waals surface area contributed by atoms with Crippen LogP contribution in [0.1, 0.15) is 33.1 Å². The lowest BCUT2D eigenvalue weighted by atomic mass is 10.1. The predicted octanol–water partition coefficient (Wildman–Crippen LogP) is 2.07. The van der Waals surface area contributed by atoms with E-state index in [1.807, 2.05) is 11.8 Å². The van der Waals surface area contributed by atoms with Crippen LogP contribution in [0, 0.1) is 0 Å². The summed E-state index contributed by atoms with van der Waals surface area (Å²) in [7, 11) is 0. The lowest BCUT2D eigenvalue weighted by Gasteiger charge is -2.22. The normalized spacial score (nSPS) is 22.3. The lowest BCUT2D eigenvalue weighted by molar-refractivity contribution is -0.137. The monoisotopic (exact) mass is 231 g/mol. The second-order valence-corrected chi connectivity index (χ2v) is 6.50. The van der Waals surface area contributed by atoms with Gasteiger partial charge in [0.15, 0.2) is 0 Å². The molecule has 0 aliphatic carbocycles. The topological polar surface area (TPSA) is 40.5 Å². The van der Waals surface area contributed by atoms with Crippen molar-refractivity contribution < 1.29 is 9.90 Å². The number of rotatable bonds is 4. The fourth-order valence-corrected chi connectivity index (χ4v) is 2.88. The Kier molecular flexibility index (Phi) is 4.93. The highest BCUT2D eigenvalue weighted by Gasteiger charge is 2.23. The third-order valence-corrected chi connectivity index (χ3v) is 4.17. The maximum atomic E-state index is 10.4. The summed E-state index contributed by atoms with van der Waals surface area (Å²) < 4.78 is 0.390. The van der Waals surface area contributed by atoms with E-state index >= 15 is 0 Å². The van der Waals surface area contributed by atoms with E-state index in [4.69, 9.17) is 5.11 Å². The average molecular weight is 231 g/mol. The van der Waals surface area contributed by atoms with Gasteiger partial charge in [-0.3, -0.25) is 4.79 Å². The minimum Gasteiger partial charge on any atom is -0.481 e. The van der Waals surface area contributed by atoms with Gasteiger partial charge in [0.25, 0.3) is 0 Å². The van der Waals surface area contributed by atoms with Gasteiger partial charge in [-0.15, -0.1) is 0 Å². The molecule has 1 heterocycles. The Morgan fingerprint density at radius 2 is 2.20 bits per heavy atom. The zero-order chi connectivity index (χ0) is 11.3. The molecule has 88 valence electrons. The third kappa shape index (κ3) is 5.42. The summed E-state index contributed by atoms with van der Waals surface area (Å²) in [6.45, 7) is 7.73. The molecule has 1 N–H and O–H groups in total. The van der Waals surface area contributed by atoms with Gasteiger partial charge < -0.3 is 10.0 Å². The van der Waals surface area contributed by atoms with Crippen LogP contribution in [-0.4, -0.2) is 46.1 Å². The van der Waals surface area contributed by atoms with E-state index in [0.29, 0.717) is 11.2 Å². The Hall–Kier alpha value is -0.220. The van der Waals surface area contributed by atoms with Gasteiger partial charge >= 0.3 is 5.97 Å². The quantitative estimate of drug-likeness (QED) is 0.804. The van der Waals surface area contributed by atoms with Crippen LogP contribution in [0.4, 0.5) is 0 Å². The second kappa shape index (κ2) is 5.75. The molecule has 1 saturated heterocycles. The van der Waals surface area contributed by atoms with E-state index in [9.17, 15) is 4.79 Å². The van der Waals surface area contributed by atoms with Gasteiger partial charge in [-0.05, 0) is 25.9 Å². The summed E-state index contributed by atoms with van der Waals surface area (Å²) in [5, 5.41) is 8.56. The van der Waals surface area contributed by atoms with E-state index in [-0.39, 0.29) is 0 Å². The van der Waals surface area contributed by atoms with Crippen molar-refractivity contribution in [3.8, 4) is 0 Å². The third-order valence-electron chi connectivity index (χ3n) is 2.80. The number of hydrogen-bond acceptors (Lipinski definition) is 3. The van der Waals surface area contributed by atoms with Crippen LogP contribution in [0.2, 0.25) is 0 Å². The first-order valence-corrected chi connectivity index (χ1v) is 6.56. The van der Waals surface area contributed by atoms with E-state index in [2.05, 4.69) is 18.7 Å². The Morgan fingerprint density at radius 1 is 1.47 bits per heavy atom. The van der Waals surface area contributed by atoms with Gasteiger partial charge in [0.1, 0.15) is 0 Å². The molecule has 0 bridgehead atoms. The summed E-state index contributed by atoms with van der Waals surface area (Å²) >= 11 is 2.03. The van der Waals surface area contributed by atoms with Gasteiger partial charge in [0, 0.05) is 23.5 Å². The SMILES string of the molecule is CC1(C)CCN(CCCC(=O)O)CCS1. The molecule has 15 heavy (non-hydrogen) atoms. The highest BCUT2D eigenvalue weighted by molar-refractivity contribution is 8.00. The van der Waals surface area contributed by atoms with Crippen molar-refractivity contribution in [1.29, 1.82) is 0 Å². The highest BCUT2D eigenvalue weighted by Crippen LogP contribution is 2.30. The first-order chi connectivity index (χ1) is 6.99. The first kappa shape index (κ1) is 12.8. The zero-order valence-corrected chi connectivity index (χ0v) is 10.5. The van der Waals surface area contributed by atoms with Crippen LogP contribution >= 0.6 is 11.8 Å². The predicted molar refractivity (Wildman–Crippen MR) is 64.5 cm³/mol. The molecular weight excluding hydrogens is 210 g/mol. The zero-order valence-electron chi connectivity index (χ0n) is 9.66. The minimum absolute atomic E-state index is 0.299. The Morgan fingerprint density at radius 3 is 2.87 bits per heavy atom. The van der Waals surface area contributed by atoms with Crippen LogP contribution < -0.4 is 0 Å². The molecule has 0 atom stereocenters. The van der Waals surface area contributed by atoms with E-state index in [1.54, 1.807) is 0 Å². The second-order valence-electron chi connectivity index (χ2n) is 4.70. The first-order valence-electron chi connectivity index (χ1n) is 5.58. The van der Waals surface area contributed by atoms with Crippen molar-refractivity contribution in [2.45, 2.75) is 37.9 Å². The van der Waals surface area contributed by atoms with E-state index in [0.717, 1.165) is 26.1 Å². The molecule has 0 spiro atoms. The summed E-state index contributed by atoms with van der Waals surface area (Å²) in [6, 6.07) is 0. The maximum absolute atomic E-state index is 10.4. The van der Waals surface area contributed by atoms with Crippen LogP contribution in [0.25, 0.3) is 0 Å². The summed E-state index contributed by atoms with van der Waals surface area (Å²) in [6.07, 6.45) is 2.28. The van der Waals surface area contributed by atoms with Crippen molar-refractivity contribution in [3.63, 3.8) is 0 Å². The minimum atomic E-state index is -0.681. The van der Waals surface area contributed by atoms with Crippen molar-refractivity contribution in [2.24, 2.45) is 0 Å². The average Bonchev–Trinajstić information content (AvgIpc) is 2.27. The number of carboxylic acid groups (broad SMARTS) is 1. The fourth-order valence-electron chi connectivity index (χ4n) is 1.74. The number of hydrogen-bond donors (Lipinski definition) is 1. The van der Waals surface area contributed by atoms with Gasteiger partial charge in [-0.25, -0.2) is 0 Å². The summed E-state index contributed by atoms with van der Waals surface area (Å²) in [5.74, 6) is 0.486. The van der Waals surface area contributed by atoms with Gasteiger partial charge in [0.05, 0.1) is 0 Å². The smallest absolute Gasteiger partial charge is 0.303 e. The molecule has 0 radical (unpaired) electrons. The molecule has 1 rings (SSSR count). The van der Waals surface area contributed by atoms with Crippen LogP contribution in [0.5, 0.6) is 0 Å². The molecule has 0 aromatic carbocycles. The van der Waals surface area contributed by atoms with Gasteiger partial charge in [-0.2, -0.15) is 11.8 Å². The lowest BCUT2D eigenvalue weighted by Crippen LogP contribution is -2.28. The molecule has 3 nitrogen and oxygen atoms in total. The molecule has 1 aliphatic heterocycles. The van der Waals surface area contributed by atoms with Gasteiger partial charge in [-0.1, -0.05) is 13.8 Å². The Bertz CT molecular complexity index is 219. The largest absolute Gasteiger partial charge is 0.481 e. The Balaban J connectivity index is 2.23. The van der Waals surface area contributed by atoms with Crippen molar-refractivity contribution in [3.05, 3.63) is 0 Å². The molecule has 0 aromatic rings. The summed E-state index contributed by atoms with van der Waals surface area (Å²) in [5.41, 5.74) is 0. The standard InChI is InChI=1S/C11H21NO2S/c1-11(2)5-7-12(8-9-15-11)6-3-4-10(13)14/h3-9H2,1-2H3,(H,13,14). The van der Waals surface area contributed by atoms with Crippen LogP contribution in [-0.2, 0) is 4.79 Å². The van der Waals surface area contributed by atoms with Crippen molar-refractivity contribution >= 4 is 17.7 Å². The van der Waals surface area contributed by atoms with E-state index < -0.39 is 5.97 Å². The van der Waals surface area contributed by atoms with Gasteiger partial charge in [0.2, 0.25) is 0 Å².